The molecule has 0 bridgehead atoms. The molecule has 3 heteroatoms. The van der Waals surface area contributed by atoms with Gasteiger partial charge in [-0.3, -0.25) is 0 Å². The van der Waals surface area contributed by atoms with Gasteiger partial charge in [0.2, 0.25) is 0 Å². The van der Waals surface area contributed by atoms with Crippen LogP contribution in [0.2, 0.25) is 0 Å². The molecule has 0 N–H and O–H groups in total. The Morgan fingerprint density at radius 2 is 2.00 bits per heavy atom. The summed E-state index contributed by atoms with van der Waals surface area (Å²) in [5.74, 6) is 0. The molecule has 0 amide bonds. The summed E-state index contributed by atoms with van der Waals surface area (Å²) >= 11 is 1.72. The van der Waals surface area contributed by atoms with E-state index in [2.05, 4.69) is 30.7 Å². The summed E-state index contributed by atoms with van der Waals surface area (Å²) in [6.07, 6.45) is 2.40. The highest BCUT2D eigenvalue weighted by Gasteiger charge is 2.08. The van der Waals surface area contributed by atoms with Crippen LogP contribution in [-0.2, 0) is 0 Å². The molecule has 0 aliphatic rings. The van der Waals surface area contributed by atoms with Gasteiger partial charge in [0.15, 0.2) is 4.80 Å². The van der Waals surface area contributed by atoms with Crippen molar-refractivity contribution in [3.63, 3.8) is 0 Å². The number of benzene rings is 1. The van der Waals surface area contributed by atoms with E-state index in [1.807, 2.05) is 30.3 Å². The van der Waals surface area contributed by atoms with Crippen molar-refractivity contribution in [2.45, 2.75) is 39.7 Å². The van der Waals surface area contributed by atoms with Crippen molar-refractivity contribution in [3.8, 4) is 0 Å². The summed E-state index contributed by atoms with van der Waals surface area (Å²) < 4.78 is 2.35. The molecule has 2 aromatic rings. The lowest BCUT2D eigenvalue weighted by Gasteiger charge is -2.14. The molecule has 0 fully saturated rings. The second-order valence-electron chi connectivity index (χ2n) is 4.61. The third-order valence-electron chi connectivity index (χ3n) is 3.05. The highest BCUT2D eigenvalue weighted by atomic mass is 32.1. The number of aromatic nitrogens is 1. The van der Waals surface area contributed by atoms with Crippen LogP contribution < -0.4 is 4.80 Å². The third-order valence-corrected chi connectivity index (χ3v) is 4.01. The van der Waals surface area contributed by atoms with E-state index in [9.17, 15) is 0 Å². The van der Waals surface area contributed by atoms with Gasteiger partial charge < -0.3 is 4.57 Å². The number of rotatable bonds is 4. The van der Waals surface area contributed by atoms with Gasteiger partial charge in [-0.2, -0.15) is 0 Å². The normalized spacial score (nSPS) is 13.8. The fourth-order valence-electron chi connectivity index (χ4n) is 2.18. The van der Waals surface area contributed by atoms with Gasteiger partial charge in [0.05, 0.1) is 5.69 Å². The number of hydrogen-bond acceptors (Lipinski definition) is 2. The first-order valence-electron chi connectivity index (χ1n) is 6.48. The predicted octanol–water partition coefficient (Wildman–Crippen LogP) is 4.45. The summed E-state index contributed by atoms with van der Waals surface area (Å²) in [5.41, 5.74) is 2.33. The van der Waals surface area contributed by atoms with E-state index in [4.69, 9.17) is 4.99 Å². The van der Waals surface area contributed by atoms with Gasteiger partial charge in [-0.25, -0.2) is 4.99 Å². The Hall–Kier alpha value is -1.35. The Kier molecular flexibility index (Phi) is 4.37. The van der Waals surface area contributed by atoms with Gasteiger partial charge in [-0.1, -0.05) is 31.5 Å². The first kappa shape index (κ1) is 13.1. The van der Waals surface area contributed by atoms with Crippen molar-refractivity contribution in [3.05, 3.63) is 46.2 Å². The second kappa shape index (κ2) is 6.01. The van der Waals surface area contributed by atoms with Crippen molar-refractivity contribution < 1.29 is 0 Å². The van der Waals surface area contributed by atoms with E-state index in [1.165, 1.54) is 18.5 Å². The molecule has 0 saturated carbocycles. The van der Waals surface area contributed by atoms with Crippen molar-refractivity contribution >= 4 is 17.0 Å². The molecule has 1 heterocycles. The highest BCUT2D eigenvalue weighted by molar-refractivity contribution is 7.07. The number of hydrogen-bond donors (Lipinski definition) is 0. The molecule has 0 saturated heterocycles. The number of para-hydroxylation sites is 1. The lowest BCUT2D eigenvalue weighted by atomic mass is 10.2. The Morgan fingerprint density at radius 1 is 1.28 bits per heavy atom. The van der Waals surface area contributed by atoms with Gasteiger partial charge in [0, 0.05) is 17.1 Å². The van der Waals surface area contributed by atoms with Crippen LogP contribution >= 0.6 is 11.3 Å². The molecule has 0 aliphatic heterocycles. The summed E-state index contributed by atoms with van der Waals surface area (Å²) in [6.45, 7) is 6.66. The largest absolute Gasteiger partial charge is 0.318 e. The Labute approximate surface area is 113 Å². The van der Waals surface area contributed by atoms with Crippen molar-refractivity contribution in [2.24, 2.45) is 4.99 Å². The van der Waals surface area contributed by atoms with E-state index in [-0.39, 0.29) is 0 Å². The molecule has 0 aliphatic carbocycles. The van der Waals surface area contributed by atoms with E-state index in [1.54, 1.807) is 11.3 Å². The van der Waals surface area contributed by atoms with E-state index >= 15 is 0 Å². The minimum absolute atomic E-state index is 0.517. The zero-order valence-corrected chi connectivity index (χ0v) is 12.1. The fourth-order valence-corrected chi connectivity index (χ4v) is 3.16. The quantitative estimate of drug-likeness (QED) is 0.772. The predicted molar refractivity (Wildman–Crippen MR) is 78.3 cm³/mol. The van der Waals surface area contributed by atoms with E-state index in [0.29, 0.717) is 6.04 Å². The van der Waals surface area contributed by atoms with Gasteiger partial charge in [0.1, 0.15) is 0 Å². The zero-order chi connectivity index (χ0) is 13.0. The molecular weight excluding hydrogens is 240 g/mol. The van der Waals surface area contributed by atoms with Crippen LogP contribution in [0.15, 0.2) is 40.7 Å². The van der Waals surface area contributed by atoms with Gasteiger partial charge in [0.25, 0.3) is 0 Å². The summed E-state index contributed by atoms with van der Waals surface area (Å²) in [7, 11) is 0. The minimum Gasteiger partial charge on any atom is -0.318 e. The monoisotopic (exact) mass is 260 g/mol. The van der Waals surface area contributed by atoms with Crippen LogP contribution in [0, 0.1) is 6.92 Å². The van der Waals surface area contributed by atoms with Crippen molar-refractivity contribution in [1.29, 1.82) is 0 Å². The smallest absolute Gasteiger partial charge is 0.190 e. The van der Waals surface area contributed by atoms with Crippen LogP contribution in [0.5, 0.6) is 0 Å². The zero-order valence-electron chi connectivity index (χ0n) is 11.3. The maximum absolute atomic E-state index is 4.75. The molecule has 1 aromatic heterocycles. The SMILES string of the molecule is CCCC(C)n1c(C)csc1=Nc1ccccc1. The molecule has 1 unspecified atom stereocenters. The average Bonchev–Trinajstić information content (AvgIpc) is 2.72. The first-order valence-corrected chi connectivity index (χ1v) is 7.36. The van der Waals surface area contributed by atoms with Crippen molar-refractivity contribution in [1.82, 2.24) is 4.57 Å². The summed E-state index contributed by atoms with van der Waals surface area (Å²) in [5, 5.41) is 2.19. The maximum Gasteiger partial charge on any atom is 0.190 e. The lowest BCUT2D eigenvalue weighted by molar-refractivity contribution is 0.481. The van der Waals surface area contributed by atoms with Gasteiger partial charge in [-0.15, -0.1) is 11.3 Å². The highest BCUT2D eigenvalue weighted by Crippen LogP contribution is 2.16. The van der Waals surface area contributed by atoms with Gasteiger partial charge in [-0.05, 0) is 32.4 Å². The average molecular weight is 260 g/mol. The number of thiazole rings is 1. The number of aryl methyl sites for hydroxylation is 1. The van der Waals surface area contributed by atoms with Crippen LogP contribution in [0.25, 0.3) is 0 Å². The minimum atomic E-state index is 0.517. The molecule has 2 rings (SSSR count). The van der Waals surface area contributed by atoms with E-state index < -0.39 is 0 Å². The molecule has 18 heavy (non-hydrogen) atoms. The molecule has 0 spiro atoms. The van der Waals surface area contributed by atoms with Gasteiger partial charge >= 0.3 is 0 Å². The summed E-state index contributed by atoms with van der Waals surface area (Å²) in [4.78, 5) is 5.84. The Bertz CT molecular complexity index is 551. The molecule has 1 aromatic carbocycles. The summed E-state index contributed by atoms with van der Waals surface area (Å²) in [6, 6.07) is 10.7. The maximum atomic E-state index is 4.75. The van der Waals surface area contributed by atoms with Crippen LogP contribution in [-0.4, -0.2) is 4.57 Å². The Balaban J connectivity index is 2.43. The van der Waals surface area contributed by atoms with Crippen LogP contribution in [0.1, 0.15) is 38.4 Å². The third kappa shape index (κ3) is 2.91. The molecular formula is C15H20N2S. The fraction of sp³-hybridized carbons (Fsp3) is 0.400. The molecule has 2 nitrogen and oxygen atoms in total. The molecule has 0 radical (unpaired) electrons. The topological polar surface area (TPSA) is 17.3 Å². The standard InChI is InChI=1S/C15H20N2S/c1-4-8-12(2)17-13(3)11-18-15(17)16-14-9-6-5-7-10-14/h5-7,9-12H,4,8H2,1-3H3. The van der Waals surface area contributed by atoms with E-state index in [0.717, 1.165) is 10.5 Å². The number of nitrogens with zero attached hydrogens (tertiary/aromatic N) is 2. The van der Waals surface area contributed by atoms with Crippen LogP contribution in [0.4, 0.5) is 5.69 Å². The van der Waals surface area contributed by atoms with Crippen LogP contribution in [0.3, 0.4) is 0 Å². The lowest BCUT2D eigenvalue weighted by Crippen LogP contribution is -2.19. The van der Waals surface area contributed by atoms with Crippen molar-refractivity contribution in [2.75, 3.05) is 0 Å². The molecule has 96 valence electrons. The second-order valence-corrected chi connectivity index (χ2v) is 5.45. The Morgan fingerprint density at radius 3 is 2.67 bits per heavy atom. The molecule has 1 atom stereocenters. The first-order chi connectivity index (χ1) is 8.72.